The molecule has 0 bridgehead atoms. The van der Waals surface area contributed by atoms with E-state index in [1.165, 1.54) is 0 Å². The second-order valence-corrected chi connectivity index (χ2v) is 8.28. The number of likely N-dealkylation sites (tertiary alicyclic amines) is 1. The maximum absolute atomic E-state index is 13.1. The topological polar surface area (TPSA) is 62.3 Å². The van der Waals surface area contributed by atoms with E-state index in [1.54, 1.807) is 20.3 Å². The van der Waals surface area contributed by atoms with Crippen molar-refractivity contribution in [3.05, 3.63) is 54.1 Å². The number of ether oxygens (including phenoxy) is 2. The number of methoxy groups -OCH3 is 2. The molecule has 0 radical (unpaired) electrons. The average Bonchev–Trinajstić information content (AvgIpc) is 2.88. The molecule has 2 aromatic carbocycles. The summed E-state index contributed by atoms with van der Waals surface area (Å²) in [5, 5.41) is 0. The summed E-state index contributed by atoms with van der Waals surface area (Å²) >= 11 is 0. The van der Waals surface area contributed by atoms with Crippen molar-refractivity contribution in [1.82, 2.24) is 9.80 Å². The predicted molar refractivity (Wildman–Crippen MR) is 123 cm³/mol. The average molecular weight is 438 g/mol. The molecule has 0 aliphatic carbocycles. The number of piperidine rings is 1. The van der Waals surface area contributed by atoms with Crippen LogP contribution in [0.2, 0.25) is 0 Å². The van der Waals surface area contributed by atoms with Crippen LogP contribution in [0, 0.1) is 5.92 Å². The van der Waals surface area contributed by atoms with E-state index < -0.39 is 0 Å². The minimum Gasteiger partial charge on any atom is -0.497 e. The van der Waals surface area contributed by atoms with Gasteiger partial charge in [0, 0.05) is 50.7 Å². The molecule has 0 saturated carbocycles. The minimum atomic E-state index is -0.0119. The highest BCUT2D eigenvalue weighted by molar-refractivity contribution is 5.94. The van der Waals surface area contributed by atoms with Gasteiger partial charge in [-0.1, -0.05) is 18.2 Å². The number of rotatable bonds is 5. The molecule has 2 aliphatic rings. The summed E-state index contributed by atoms with van der Waals surface area (Å²) in [6, 6.07) is 15.2. The van der Waals surface area contributed by atoms with Gasteiger partial charge in [0.2, 0.25) is 5.91 Å². The first-order chi connectivity index (χ1) is 15.6. The van der Waals surface area contributed by atoms with Crippen LogP contribution in [0.4, 0.5) is 5.69 Å². The zero-order valence-electron chi connectivity index (χ0n) is 18.8. The van der Waals surface area contributed by atoms with Crippen LogP contribution in [-0.2, 0) is 4.79 Å². The molecule has 2 aromatic rings. The number of anilines is 1. The van der Waals surface area contributed by atoms with E-state index in [-0.39, 0.29) is 17.7 Å². The second-order valence-electron chi connectivity index (χ2n) is 8.28. The molecule has 0 aromatic heterocycles. The number of benzene rings is 2. The maximum atomic E-state index is 13.1. The molecule has 7 heteroatoms. The van der Waals surface area contributed by atoms with Crippen molar-refractivity contribution >= 4 is 17.5 Å². The van der Waals surface area contributed by atoms with Crippen LogP contribution in [0.5, 0.6) is 11.5 Å². The van der Waals surface area contributed by atoms with E-state index in [1.807, 2.05) is 46.2 Å². The Morgan fingerprint density at radius 3 is 2.22 bits per heavy atom. The molecule has 2 amide bonds. The van der Waals surface area contributed by atoms with Crippen molar-refractivity contribution in [3.63, 3.8) is 0 Å². The lowest BCUT2D eigenvalue weighted by Gasteiger charge is -2.39. The zero-order chi connectivity index (χ0) is 22.5. The Kier molecular flexibility index (Phi) is 6.83. The fraction of sp³-hybridized carbons (Fsp3) is 0.440. The normalized spacial score (nSPS) is 17.2. The van der Waals surface area contributed by atoms with Gasteiger partial charge in [-0.3, -0.25) is 9.59 Å². The minimum absolute atomic E-state index is 0.000205. The van der Waals surface area contributed by atoms with E-state index in [0.717, 1.165) is 24.5 Å². The van der Waals surface area contributed by atoms with Crippen LogP contribution in [0.25, 0.3) is 0 Å². The van der Waals surface area contributed by atoms with Gasteiger partial charge in [0.1, 0.15) is 11.5 Å². The molecule has 7 nitrogen and oxygen atoms in total. The molecular weight excluding hydrogens is 406 g/mol. The first-order valence-electron chi connectivity index (χ1n) is 11.2. The zero-order valence-corrected chi connectivity index (χ0v) is 18.8. The number of piperazine rings is 1. The summed E-state index contributed by atoms with van der Waals surface area (Å²) in [5.74, 6) is 1.74. The van der Waals surface area contributed by atoms with E-state index in [4.69, 9.17) is 9.47 Å². The van der Waals surface area contributed by atoms with Crippen LogP contribution in [-0.4, -0.2) is 75.1 Å². The molecule has 0 N–H and O–H groups in total. The first kappa shape index (κ1) is 22.0. The van der Waals surface area contributed by atoms with Gasteiger partial charge < -0.3 is 24.2 Å². The molecular formula is C25H31N3O4. The molecule has 4 rings (SSSR count). The number of amides is 2. The lowest BCUT2D eigenvalue weighted by molar-refractivity contribution is -0.137. The van der Waals surface area contributed by atoms with Crippen LogP contribution < -0.4 is 14.4 Å². The van der Waals surface area contributed by atoms with Crippen LogP contribution >= 0.6 is 0 Å². The van der Waals surface area contributed by atoms with Gasteiger partial charge in [-0.2, -0.15) is 0 Å². The second kappa shape index (κ2) is 9.94. The van der Waals surface area contributed by atoms with Crippen molar-refractivity contribution in [1.29, 1.82) is 0 Å². The molecule has 0 atom stereocenters. The Balaban J connectivity index is 1.29. The smallest absolute Gasteiger partial charge is 0.253 e. The van der Waals surface area contributed by atoms with Crippen molar-refractivity contribution < 1.29 is 19.1 Å². The van der Waals surface area contributed by atoms with Crippen LogP contribution in [0.15, 0.2) is 48.5 Å². The Morgan fingerprint density at radius 2 is 1.53 bits per heavy atom. The number of hydrogen-bond acceptors (Lipinski definition) is 5. The van der Waals surface area contributed by atoms with Gasteiger partial charge >= 0.3 is 0 Å². The molecule has 32 heavy (non-hydrogen) atoms. The summed E-state index contributed by atoms with van der Waals surface area (Å²) < 4.78 is 10.7. The Bertz CT molecular complexity index is 948. The number of carbonyl (C=O) groups excluding carboxylic acids is 2. The van der Waals surface area contributed by atoms with E-state index in [9.17, 15) is 9.59 Å². The van der Waals surface area contributed by atoms with Crippen LogP contribution in [0.3, 0.4) is 0 Å². The quantitative estimate of drug-likeness (QED) is 0.720. The third-order valence-electron chi connectivity index (χ3n) is 6.47. The molecule has 0 spiro atoms. The van der Waals surface area contributed by atoms with E-state index in [0.29, 0.717) is 50.3 Å². The lowest BCUT2D eigenvalue weighted by Crippen LogP contribution is -2.52. The molecule has 2 saturated heterocycles. The fourth-order valence-corrected chi connectivity index (χ4v) is 4.59. The van der Waals surface area contributed by atoms with Gasteiger partial charge in [-0.15, -0.1) is 0 Å². The first-order valence-corrected chi connectivity index (χ1v) is 11.2. The standard InChI is InChI=1S/C25H31N3O4/c1-31-21-7-5-6-20(18-21)25(30)27-12-10-19(11-13-27)24(29)28-16-14-26(15-17-28)22-8-3-4-9-23(22)32-2/h3-9,18-19H,10-17H2,1-2H3. The lowest BCUT2D eigenvalue weighted by atomic mass is 9.94. The van der Waals surface area contributed by atoms with Gasteiger partial charge in [0.15, 0.2) is 0 Å². The van der Waals surface area contributed by atoms with Crippen molar-refractivity contribution in [2.24, 2.45) is 5.92 Å². The summed E-state index contributed by atoms with van der Waals surface area (Å²) in [7, 11) is 3.28. The van der Waals surface area contributed by atoms with Crippen molar-refractivity contribution in [3.8, 4) is 11.5 Å². The Labute approximate surface area is 189 Å². The summed E-state index contributed by atoms with van der Waals surface area (Å²) in [6.45, 7) is 4.21. The highest BCUT2D eigenvalue weighted by Crippen LogP contribution is 2.29. The monoisotopic (exact) mass is 437 g/mol. The SMILES string of the molecule is COc1cccc(C(=O)N2CCC(C(=O)N3CCN(c4ccccc4OC)CC3)CC2)c1. The third kappa shape index (κ3) is 4.66. The van der Waals surface area contributed by atoms with Crippen LogP contribution in [0.1, 0.15) is 23.2 Å². The molecule has 2 heterocycles. The van der Waals surface area contributed by atoms with Gasteiger partial charge in [0.05, 0.1) is 19.9 Å². The van der Waals surface area contributed by atoms with E-state index in [2.05, 4.69) is 11.0 Å². The summed E-state index contributed by atoms with van der Waals surface area (Å²) in [5.41, 5.74) is 1.70. The fourth-order valence-electron chi connectivity index (χ4n) is 4.59. The van der Waals surface area contributed by atoms with Gasteiger partial charge in [-0.05, 0) is 43.2 Å². The molecule has 170 valence electrons. The van der Waals surface area contributed by atoms with Gasteiger partial charge in [-0.25, -0.2) is 0 Å². The largest absolute Gasteiger partial charge is 0.497 e. The molecule has 0 unspecified atom stereocenters. The summed E-state index contributed by atoms with van der Waals surface area (Å²) in [6.07, 6.45) is 1.42. The van der Waals surface area contributed by atoms with Gasteiger partial charge in [0.25, 0.3) is 5.91 Å². The number of hydrogen-bond donors (Lipinski definition) is 0. The summed E-state index contributed by atoms with van der Waals surface area (Å²) in [4.78, 5) is 32.0. The molecule has 2 aliphatic heterocycles. The maximum Gasteiger partial charge on any atom is 0.253 e. The highest BCUT2D eigenvalue weighted by atomic mass is 16.5. The Morgan fingerprint density at radius 1 is 0.812 bits per heavy atom. The van der Waals surface area contributed by atoms with E-state index >= 15 is 0 Å². The third-order valence-corrected chi connectivity index (χ3v) is 6.47. The highest BCUT2D eigenvalue weighted by Gasteiger charge is 2.32. The number of carbonyl (C=O) groups is 2. The number of para-hydroxylation sites is 2. The van der Waals surface area contributed by atoms with Crippen molar-refractivity contribution in [2.75, 3.05) is 58.4 Å². The molecule has 2 fully saturated rings. The number of nitrogens with zero attached hydrogens (tertiary/aromatic N) is 3. The Hall–Kier alpha value is -3.22. The van der Waals surface area contributed by atoms with Crippen molar-refractivity contribution in [2.45, 2.75) is 12.8 Å². The predicted octanol–water partition coefficient (Wildman–Crippen LogP) is 2.90.